The van der Waals surface area contributed by atoms with Gasteiger partial charge in [0.1, 0.15) is 5.75 Å². The Balaban J connectivity index is 1.82. The Bertz CT molecular complexity index is 508. The van der Waals surface area contributed by atoms with Crippen LogP contribution in [-0.4, -0.2) is 25.6 Å². The second-order valence-corrected chi connectivity index (χ2v) is 5.71. The van der Waals surface area contributed by atoms with Crippen LogP contribution in [0.25, 0.3) is 0 Å². The highest BCUT2D eigenvalue weighted by Crippen LogP contribution is 2.29. The van der Waals surface area contributed by atoms with Crippen molar-refractivity contribution >= 4 is 23.2 Å². The van der Waals surface area contributed by atoms with E-state index in [1.165, 1.54) is 18.2 Å². The van der Waals surface area contributed by atoms with Crippen molar-refractivity contribution in [2.75, 3.05) is 18.4 Å². The second-order valence-electron chi connectivity index (χ2n) is 5.30. The maximum absolute atomic E-state index is 12.1. The molecule has 0 spiro atoms. The third kappa shape index (κ3) is 5.42. The van der Waals surface area contributed by atoms with Crippen LogP contribution in [0.4, 0.5) is 14.5 Å². The lowest BCUT2D eigenvalue weighted by molar-refractivity contribution is -0.116. The third-order valence-electron chi connectivity index (χ3n) is 3.67. The predicted molar refractivity (Wildman–Crippen MR) is 81.5 cm³/mol. The Morgan fingerprint density at radius 3 is 2.77 bits per heavy atom. The lowest BCUT2D eigenvalue weighted by Crippen LogP contribution is -2.28. The van der Waals surface area contributed by atoms with Crippen LogP contribution in [0.15, 0.2) is 18.2 Å². The van der Waals surface area contributed by atoms with Gasteiger partial charge in [-0.2, -0.15) is 8.78 Å². The van der Waals surface area contributed by atoms with Crippen LogP contribution in [0.1, 0.15) is 25.7 Å². The van der Waals surface area contributed by atoms with E-state index in [0.717, 1.165) is 32.4 Å². The lowest BCUT2D eigenvalue weighted by Gasteiger charge is -2.22. The van der Waals surface area contributed by atoms with Crippen LogP contribution in [0.2, 0.25) is 5.02 Å². The Morgan fingerprint density at radius 1 is 1.41 bits per heavy atom. The minimum atomic E-state index is -2.93. The monoisotopic (exact) mass is 332 g/mol. The lowest BCUT2D eigenvalue weighted by atomic mass is 9.93. The predicted octanol–water partition coefficient (Wildman–Crippen LogP) is 3.66. The molecule has 1 amide bonds. The van der Waals surface area contributed by atoms with Crippen molar-refractivity contribution in [3.8, 4) is 5.75 Å². The number of amides is 1. The molecular formula is C15H19ClF2N2O2. The first-order valence-corrected chi connectivity index (χ1v) is 7.67. The molecule has 0 radical (unpaired) electrons. The highest BCUT2D eigenvalue weighted by Gasteiger charge is 2.15. The maximum Gasteiger partial charge on any atom is 0.387 e. The van der Waals surface area contributed by atoms with Gasteiger partial charge in [-0.05, 0) is 56.5 Å². The van der Waals surface area contributed by atoms with Gasteiger partial charge in [-0.3, -0.25) is 4.79 Å². The van der Waals surface area contributed by atoms with Gasteiger partial charge in [-0.25, -0.2) is 0 Å². The quantitative estimate of drug-likeness (QED) is 0.836. The van der Waals surface area contributed by atoms with Crippen LogP contribution in [0, 0.1) is 5.92 Å². The normalized spacial score (nSPS) is 15.8. The molecule has 1 aliphatic heterocycles. The van der Waals surface area contributed by atoms with Crippen molar-refractivity contribution in [2.45, 2.75) is 32.3 Å². The number of hydrogen-bond donors (Lipinski definition) is 2. The van der Waals surface area contributed by atoms with Crippen LogP contribution in [0.5, 0.6) is 5.75 Å². The van der Waals surface area contributed by atoms with Crippen molar-refractivity contribution < 1.29 is 18.3 Å². The fourth-order valence-electron chi connectivity index (χ4n) is 2.50. The summed E-state index contributed by atoms with van der Waals surface area (Å²) in [6, 6.07) is 4.21. The van der Waals surface area contributed by atoms with Gasteiger partial charge in [0.2, 0.25) is 5.91 Å². The molecule has 0 saturated carbocycles. The minimum Gasteiger partial charge on any atom is -0.433 e. The number of rotatable bonds is 6. The zero-order valence-corrected chi connectivity index (χ0v) is 12.8. The fraction of sp³-hybridized carbons (Fsp3) is 0.533. The molecule has 4 nitrogen and oxygen atoms in total. The van der Waals surface area contributed by atoms with Gasteiger partial charge < -0.3 is 15.4 Å². The molecule has 1 aliphatic rings. The molecule has 122 valence electrons. The van der Waals surface area contributed by atoms with E-state index >= 15 is 0 Å². The van der Waals surface area contributed by atoms with E-state index in [-0.39, 0.29) is 16.7 Å². The van der Waals surface area contributed by atoms with Crippen molar-refractivity contribution in [1.29, 1.82) is 0 Å². The molecule has 22 heavy (non-hydrogen) atoms. The summed E-state index contributed by atoms with van der Waals surface area (Å²) in [6.45, 7) is -0.913. The SMILES string of the molecule is O=C(CCC1CCNCC1)Nc1ccc(OC(F)F)c(Cl)c1. The molecule has 1 saturated heterocycles. The number of hydrogen-bond acceptors (Lipinski definition) is 3. The first-order chi connectivity index (χ1) is 10.5. The number of carbonyl (C=O) groups excluding carboxylic acids is 1. The highest BCUT2D eigenvalue weighted by atomic mass is 35.5. The van der Waals surface area contributed by atoms with Gasteiger partial charge in [-0.15, -0.1) is 0 Å². The molecule has 0 unspecified atom stereocenters. The van der Waals surface area contributed by atoms with E-state index < -0.39 is 6.61 Å². The van der Waals surface area contributed by atoms with E-state index in [1.807, 2.05) is 0 Å². The maximum atomic E-state index is 12.1. The van der Waals surface area contributed by atoms with Crippen LogP contribution in [-0.2, 0) is 4.79 Å². The first-order valence-electron chi connectivity index (χ1n) is 7.29. The molecule has 0 aromatic heterocycles. The molecule has 1 aromatic carbocycles. The van der Waals surface area contributed by atoms with Gasteiger partial charge in [-0.1, -0.05) is 11.6 Å². The van der Waals surface area contributed by atoms with Crippen LogP contribution < -0.4 is 15.4 Å². The Kier molecular flexibility index (Phi) is 6.39. The van der Waals surface area contributed by atoms with Gasteiger partial charge in [0.15, 0.2) is 0 Å². The van der Waals surface area contributed by atoms with Gasteiger partial charge in [0.25, 0.3) is 0 Å². The number of nitrogens with one attached hydrogen (secondary N) is 2. The molecule has 0 aliphatic carbocycles. The minimum absolute atomic E-state index is 0.0384. The van der Waals surface area contributed by atoms with Gasteiger partial charge in [0.05, 0.1) is 5.02 Å². The zero-order valence-electron chi connectivity index (χ0n) is 12.1. The molecule has 2 rings (SSSR count). The summed E-state index contributed by atoms with van der Waals surface area (Å²) in [5, 5.41) is 6.05. The highest BCUT2D eigenvalue weighted by molar-refractivity contribution is 6.32. The molecule has 0 bridgehead atoms. The number of carbonyl (C=O) groups is 1. The zero-order chi connectivity index (χ0) is 15.9. The first kappa shape index (κ1) is 17.0. The molecule has 0 atom stereocenters. The van der Waals surface area contributed by atoms with Crippen LogP contribution >= 0.6 is 11.6 Å². The molecular weight excluding hydrogens is 314 g/mol. The summed E-state index contributed by atoms with van der Waals surface area (Å²) in [5.74, 6) is 0.374. The topological polar surface area (TPSA) is 50.4 Å². The summed E-state index contributed by atoms with van der Waals surface area (Å²) < 4.78 is 28.5. The summed E-state index contributed by atoms with van der Waals surface area (Å²) in [7, 11) is 0. The summed E-state index contributed by atoms with van der Waals surface area (Å²) in [5.41, 5.74) is 0.474. The number of anilines is 1. The van der Waals surface area contributed by atoms with E-state index in [4.69, 9.17) is 11.6 Å². The number of halogens is 3. The number of benzene rings is 1. The molecule has 1 fully saturated rings. The fourth-order valence-corrected chi connectivity index (χ4v) is 2.72. The van der Waals surface area contributed by atoms with E-state index in [2.05, 4.69) is 15.4 Å². The largest absolute Gasteiger partial charge is 0.433 e. The average molecular weight is 333 g/mol. The Morgan fingerprint density at radius 2 is 2.14 bits per heavy atom. The summed E-state index contributed by atoms with van der Waals surface area (Å²) in [4.78, 5) is 11.9. The smallest absolute Gasteiger partial charge is 0.387 e. The van der Waals surface area contributed by atoms with Crippen molar-refractivity contribution in [1.82, 2.24) is 5.32 Å². The van der Waals surface area contributed by atoms with E-state index in [0.29, 0.717) is 18.0 Å². The molecule has 1 aromatic rings. The molecule has 1 heterocycles. The number of ether oxygens (including phenoxy) is 1. The number of alkyl halides is 2. The second kappa shape index (κ2) is 8.29. The van der Waals surface area contributed by atoms with Gasteiger partial charge >= 0.3 is 6.61 Å². The number of piperidine rings is 1. The summed E-state index contributed by atoms with van der Waals surface area (Å²) in [6.07, 6.45) is 3.49. The van der Waals surface area contributed by atoms with Crippen LogP contribution in [0.3, 0.4) is 0 Å². The molecule has 7 heteroatoms. The van der Waals surface area contributed by atoms with Crippen molar-refractivity contribution in [3.05, 3.63) is 23.2 Å². The third-order valence-corrected chi connectivity index (χ3v) is 3.97. The van der Waals surface area contributed by atoms with E-state index in [1.54, 1.807) is 0 Å². The molecule has 2 N–H and O–H groups in total. The average Bonchev–Trinajstić information content (AvgIpc) is 2.49. The summed E-state index contributed by atoms with van der Waals surface area (Å²) >= 11 is 5.84. The van der Waals surface area contributed by atoms with E-state index in [9.17, 15) is 13.6 Å². The Labute approximate surface area is 133 Å². The Hall–Kier alpha value is -1.40. The van der Waals surface area contributed by atoms with Crippen molar-refractivity contribution in [3.63, 3.8) is 0 Å². The van der Waals surface area contributed by atoms with Crippen molar-refractivity contribution in [2.24, 2.45) is 5.92 Å². The van der Waals surface area contributed by atoms with Gasteiger partial charge in [0, 0.05) is 12.1 Å². The standard InChI is InChI=1S/C15H19ClF2N2O2/c16-12-9-11(2-3-13(12)22-15(17)18)20-14(21)4-1-10-5-7-19-8-6-10/h2-3,9-10,15,19H,1,4-8H2,(H,20,21).